The van der Waals surface area contributed by atoms with Gasteiger partial charge in [0.15, 0.2) is 0 Å². The third-order valence-corrected chi connectivity index (χ3v) is 4.45. The van der Waals surface area contributed by atoms with Crippen molar-refractivity contribution in [3.63, 3.8) is 0 Å². The topological polar surface area (TPSA) is 49.4 Å². The molecule has 1 heterocycles. The van der Waals surface area contributed by atoms with E-state index in [1.54, 1.807) is 11.0 Å². The van der Waals surface area contributed by atoms with E-state index in [-0.39, 0.29) is 17.9 Å². The number of carbonyl (C=O) groups is 2. The number of nitrogens with zero attached hydrogens (tertiary/aromatic N) is 1. The summed E-state index contributed by atoms with van der Waals surface area (Å²) in [6.45, 7) is 2.34. The van der Waals surface area contributed by atoms with Gasteiger partial charge in [0, 0.05) is 12.1 Å². The Hall–Kier alpha value is -1.03. The van der Waals surface area contributed by atoms with Crippen LogP contribution >= 0.6 is 11.6 Å². The third kappa shape index (κ3) is 2.50. The number of carbonyl (C=O) groups excluding carboxylic acids is 2. The van der Waals surface area contributed by atoms with Crippen LogP contribution in [0.5, 0.6) is 0 Å². The number of halogens is 1. The van der Waals surface area contributed by atoms with E-state index >= 15 is 0 Å². The Morgan fingerprint density at radius 1 is 1.37 bits per heavy atom. The molecule has 2 rings (SSSR count). The second-order valence-corrected chi connectivity index (χ2v) is 5.59. The lowest BCUT2D eigenvalue weighted by atomic mass is 9.77. The molecule has 0 aromatic carbocycles. The molecule has 2 amide bonds. The van der Waals surface area contributed by atoms with Crippen molar-refractivity contribution in [3.05, 3.63) is 11.6 Å². The van der Waals surface area contributed by atoms with Crippen LogP contribution in [0.15, 0.2) is 11.6 Å². The molecule has 4 nitrogen and oxygen atoms in total. The number of amides is 2. The van der Waals surface area contributed by atoms with E-state index in [1.807, 2.05) is 6.92 Å². The zero-order valence-corrected chi connectivity index (χ0v) is 12.1. The predicted molar refractivity (Wildman–Crippen MR) is 74.7 cm³/mol. The summed E-state index contributed by atoms with van der Waals surface area (Å²) in [6, 6.07) is -0.385. The molecule has 1 N–H and O–H groups in total. The maximum absolute atomic E-state index is 12.5. The van der Waals surface area contributed by atoms with Crippen molar-refractivity contribution in [2.45, 2.75) is 57.0 Å². The van der Waals surface area contributed by atoms with Crippen LogP contribution in [0.25, 0.3) is 0 Å². The van der Waals surface area contributed by atoms with Gasteiger partial charge >= 0.3 is 0 Å². The van der Waals surface area contributed by atoms with E-state index in [2.05, 4.69) is 5.32 Å². The van der Waals surface area contributed by atoms with Gasteiger partial charge < -0.3 is 10.2 Å². The van der Waals surface area contributed by atoms with Gasteiger partial charge in [-0.3, -0.25) is 9.59 Å². The fourth-order valence-corrected chi connectivity index (χ4v) is 3.28. The quantitative estimate of drug-likeness (QED) is 0.863. The normalized spacial score (nSPS) is 27.1. The Balaban J connectivity index is 2.31. The van der Waals surface area contributed by atoms with E-state index in [9.17, 15) is 9.59 Å². The lowest BCUT2D eigenvalue weighted by Gasteiger charge is -2.49. The van der Waals surface area contributed by atoms with Crippen molar-refractivity contribution >= 4 is 23.4 Å². The molecule has 19 heavy (non-hydrogen) atoms. The Bertz CT molecular complexity index is 389. The number of piperazine rings is 1. The van der Waals surface area contributed by atoms with Crippen molar-refractivity contribution < 1.29 is 9.59 Å². The zero-order valence-electron chi connectivity index (χ0n) is 11.3. The van der Waals surface area contributed by atoms with Crippen molar-refractivity contribution in [3.8, 4) is 0 Å². The zero-order chi connectivity index (χ0) is 13.9. The molecular weight excluding hydrogens is 264 g/mol. The van der Waals surface area contributed by atoms with Crippen LogP contribution in [-0.4, -0.2) is 34.8 Å². The van der Waals surface area contributed by atoms with E-state index in [1.165, 1.54) is 5.54 Å². The highest BCUT2D eigenvalue weighted by Crippen LogP contribution is 2.36. The average Bonchev–Trinajstić information content (AvgIpc) is 2.44. The molecule has 1 aliphatic carbocycles. The maximum atomic E-state index is 12.5. The fraction of sp³-hybridized carbons (Fsp3) is 0.714. The molecule has 1 spiro atoms. The Morgan fingerprint density at radius 3 is 2.63 bits per heavy atom. The number of rotatable bonds is 3. The van der Waals surface area contributed by atoms with E-state index in [4.69, 9.17) is 11.6 Å². The summed E-state index contributed by atoms with van der Waals surface area (Å²) >= 11 is 5.58. The largest absolute Gasteiger partial charge is 0.342 e. The third-order valence-electron chi connectivity index (χ3n) is 4.27. The van der Waals surface area contributed by atoms with E-state index in [0.29, 0.717) is 13.0 Å². The van der Waals surface area contributed by atoms with Crippen molar-refractivity contribution in [2.24, 2.45) is 0 Å². The van der Waals surface area contributed by atoms with Gasteiger partial charge in [0.1, 0.15) is 11.6 Å². The van der Waals surface area contributed by atoms with Crippen LogP contribution in [0.3, 0.4) is 0 Å². The van der Waals surface area contributed by atoms with Crippen LogP contribution in [0.1, 0.15) is 45.4 Å². The van der Waals surface area contributed by atoms with E-state index in [0.717, 1.165) is 32.1 Å². The minimum absolute atomic E-state index is 0.0154. The average molecular weight is 285 g/mol. The van der Waals surface area contributed by atoms with Crippen LogP contribution in [-0.2, 0) is 9.59 Å². The molecule has 106 valence electrons. The van der Waals surface area contributed by atoms with Crippen molar-refractivity contribution in [1.82, 2.24) is 10.2 Å². The number of hydrogen-bond acceptors (Lipinski definition) is 2. The molecular formula is C14H21ClN2O2. The molecule has 2 fully saturated rings. The first-order valence-electron chi connectivity index (χ1n) is 7.03. The smallest absolute Gasteiger partial charge is 0.246 e. The summed E-state index contributed by atoms with van der Waals surface area (Å²) in [6.07, 6.45) is 7.02. The molecule has 2 aliphatic rings. The molecule has 0 aromatic rings. The van der Waals surface area contributed by atoms with Crippen LogP contribution in [0.4, 0.5) is 0 Å². The molecule has 0 radical (unpaired) electrons. The highest BCUT2D eigenvalue weighted by Gasteiger charge is 2.51. The Labute approximate surface area is 119 Å². The molecule has 1 aliphatic heterocycles. The second-order valence-electron chi connectivity index (χ2n) is 5.34. The summed E-state index contributed by atoms with van der Waals surface area (Å²) in [5, 5.41) is 2.90. The van der Waals surface area contributed by atoms with Gasteiger partial charge in [0.2, 0.25) is 11.8 Å². The second kappa shape index (κ2) is 5.95. The van der Waals surface area contributed by atoms with Gasteiger partial charge in [-0.15, -0.1) is 0 Å². The lowest BCUT2D eigenvalue weighted by molar-refractivity contribution is -0.159. The molecule has 1 saturated heterocycles. The fourth-order valence-electron chi connectivity index (χ4n) is 3.20. The molecule has 0 bridgehead atoms. The van der Waals surface area contributed by atoms with Crippen molar-refractivity contribution in [2.75, 3.05) is 6.54 Å². The standard InChI is InChI=1S/C14H21ClN2O2/c1-2-11-12(18)17(10-6-9-15)14(13(19)16-11)7-4-3-5-8-14/h6,9,11H,2-5,7-8,10H2,1H3,(H,16,19)/b9-6+. The van der Waals surface area contributed by atoms with Gasteiger partial charge in [-0.25, -0.2) is 0 Å². The monoisotopic (exact) mass is 284 g/mol. The van der Waals surface area contributed by atoms with Crippen molar-refractivity contribution in [1.29, 1.82) is 0 Å². The molecule has 1 saturated carbocycles. The highest BCUT2D eigenvalue weighted by molar-refractivity contribution is 6.25. The first-order chi connectivity index (χ1) is 9.15. The Morgan fingerprint density at radius 2 is 2.05 bits per heavy atom. The molecule has 1 unspecified atom stereocenters. The van der Waals surface area contributed by atoms with Gasteiger partial charge in [-0.1, -0.05) is 43.9 Å². The molecule has 0 aromatic heterocycles. The molecule has 5 heteroatoms. The first-order valence-corrected chi connectivity index (χ1v) is 7.47. The highest BCUT2D eigenvalue weighted by atomic mass is 35.5. The molecule has 1 atom stereocenters. The summed E-state index contributed by atoms with van der Waals surface area (Å²) < 4.78 is 0. The van der Waals surface area contributed by atoms with Gasteiger partial charge in [-0.05, 0) is 19.3 Å². The predicted octanol–water partition coefficient (Wildman–Crippen LogP) is 2.18. The van der Waals surface area contributed by atoms with Gasteiger partial charge in [-0.2, -0.15) is 0 Å². The van der Waals surface area contributed by atoms with Gasteiger partial charge in [0.25, 0.3) is 0 Å². The summed E-state index contributed by atoms with van der Waals surface area (Å²) in [7, 11) is 0. The number of nitrogens with one attached hydrogen (secondary N) is 1. The SMILES string of the molecule is CCC1NC(=O)C2(CCCCC2)N(C/C=C/Cl)C1=O. The minimum atomic E-state index is -0.641. The Kier molecular flexibility index (Phi) is 4.50. The first kappa shape index (κ1) is 14.4. The minimum Gasteiger partial charge on any atom is -0.342 e. The van der Waals surface area contributed by atoms with Crippen LogP contribution < -0.4 is 5.32 Å². The van der Waals surface area contributed by atoms with Crippen LogP contribution in [0, 0.1) is 0 Å². The van der Waals surface area contributed by atoms with Gasteiger partial charge in [0.05, 0.1) is 0 Å². The van der Waals surface area contributed by atoms with Crippen LogP contribution in [0.2, 0.25) is 0 Å². The summed E-state index contributed by atoms with van der Waals surface area (Å²) in [5.41, 5.74) is 0.772. The number of hydrogen-bond donors (Lipinski definition) is 1. The van der Waals surface area contributed by atoms with E-state index < -0.39 is 5.54 Å². The summed E-state index contributed by atoms with van der Waals surface area (Å²) in [5.74, 6) is 0.0420. The summed E-state index contributed by atoms with van der Waals surface area (Å²) in [4.78, 5) is 26.8. The maximum Gasteiger partial charge on any atom is 0.246 e. The lowest BCUT2D eigenvalue weighted by Crippen LogP contribution is -2.70.